The summed E-state index contributed by atoms with van der Waals surface area (Å²) in [5, 5.41) is 19.1. The van der Waals surface area contributed by atoms with Gasteiger partial charge < -0.3 is 15.1 Å². The van der Waals surface area contributed by atoms with Crippen LogP contribution in [0.4, 0.5) is 0 Å². The molecule has 0 aromatic carbocycles. The van der Waals surface area contributed by atoms with Gasteiger partial charge in [0.05, 0.1) is 12.7 Å². The first-order chi connectivity index (χ1) is 7.35. The first-order valence-electron chi connectivity index (χ1n) is 6.35. The Morgan fingerprint density at radius 3 is 2.62 bits per heavy atom. The van der Waals surface area contributed by atoms with Crippen molar-refractivity contribution < 1.29 is 10.2 Å². The number of rotatable bonds is 4. The van der Waals surface area contributed by atoms with Crippen LogP contribution in [-0.4, -0.2) is 47.5 Å². The van der Waals surface area contributed by atoms with Crippen LogP contribution in [0.3, 0.4) is 0 Å². The minimum absolute atomic E-state index is 0.165. The second-order valence-electron chi connectivity index (χ2n) is 6.21. The number of aliphatic hydroxyl groups is 2. The van der Waals surface area contributed by atoms with Gasteiger partial charge in [0, 0.05) is 12.6 Å². The van der Waals surface area contributed by atoms with E-state index in [0.29, 0.717) is 11.3 Å². The first kappa shape index (κ1) is 13.9. The van der Waals surface area contributed by atoms with E-state index < -0.39 is 0 Å². The van der Waals surface area contributed by atoms with Crippen molar-refractivity contribution in [3.8, 4) is 0 Å². The van der Waals surface area contributed by atoms with Gasteiger partial charge in [0.2, 0.25) is 0 Å². The minimum atomic E-state index is -0.165. The molecule has 3 heteroatoms. The molecule has 0 amide bonds. The molecule has 0 saturated heterocycles. The Kier molecular flexibility index (Phi) is 4.77. The second-order valence-corrected chi connectivity index (χ2v) is 6.21. The number of likely N-dealkylation sites (N-methyl/N-ethyl adjacent to an activating group) is 1. The summed E-state index contributed by atoms with van der Waals surface area (Å²) in [5.41, 5.74) is 0.354. The van der Waals surface area contributed by atoms with E-state index in [1.807, 2.05) is 14.0 Å². The van der Waals surface area contributed by atoms with Crippen LogP contribution in [-0.2, 0) is 0 Å². The van der Waals surface area contributed by atoms with Gasteiger partial charge in [-0.15, -0.1) is 0 Å². The molecule has 96 valence electrons. The molecule has 1 aliphatic carbocycles. The highest BCUT2D eigenvalue weighted by molar-refractivity contribution is 4.86. The highest BCUT2D eigenvalue weighted by atomic mass is 16.3. The molecule has 0 aromatic heterocycles. The van der Waals surface area contributed by atoms with Gasteiger partial charge in [0.1, 0.15) is 0 Å². The maximum absolute atomic E-state index is 10.0. The lowest BCUT2D eigenvalue weighted by Crippen LogP contribution is -2.43. The molecule has 0 aliphatic heterocycles. The second kappa shape index (κ2) is 5.48. The van der Waals surface area contributed by atoms with E-state index in [2.05, 4.69) is 18.7 Å². The van der Waals surface area contributed by atoms with E-state index in [0.717, 1.165) is 25.8 Å². The average molecular weight is 229 g/mol. The topological polar surface area (TPSA) is 43.7 Å². The normalized spacial score (nSPS) is 31.7. The van der Waals surface area contributed by atoms with Crippen LogP contribution >= 0.6 is 0 Å². The fourth-order valence-corrected chi connectivity index (χ4v) is 2.60. The van der Waals surface area contributed by atoms with Crippen molar-refractivity contribution >= 4 is 0 Å². The third kappa shape index (κ3) is 3.72. The van der Waals surface area contributed by atoms with Crippen molar-refractivity contribution in [2.45, 2.75) is 52.2 Å². The van der Waals surface area contributed by atoms with Crippen LogP contribution < -0.4 is 0 Å². The summed E-state index contributed by atoms with van der Waals surface area (Å²) in [6.07, 6.45) is 2.95. The van der Waals surface area contributed by atoms with Gasteiger partial charge >= 0.3 is 0 Å². The average Bonchev–Trinajstić information content (AvgIpc) is 2.22. The summed E-state index contributed by atoms with van der Waals surface area (Å²) in [6, 6.07) is 0.178. The summed E-state index contributed by atoms with van der Waals surface area (Å²) in [6.45, 7) is 7.64. The molecule has 0 heterocycles. The van der Waals surface area contributed by atoms with Crippen LogP contribution in [0.5, 0.6) is 0 Å². The van der Waals surface area contributed by atoms with Crippen LogP contribution in [0.25, 0.3) is 0 Å². The molecule has 16 heavy (non-hydrogen) atoms. The molecular weight excluding hydrogens is 202 g/mol. The zero-order valence-corrected chi connectivity index (χ0v) is 11.1. The molecule has 2 N–H and O–H groups in total. The molecule has 0 aromatic rings. The predicted octanol–water partition coefficient (Wildman–Crippen LogP) is 1.49. The number of hydrogen-bond acceptors (Lipinski definition) is 3. The van der Waals surface area contributed by atoms with Crippen LogP contribution in [0.1, 0.15) is 40.0 Å². The third-order valence-corrected chi connectivity index (χ3v) is 4.01. The number of nitrogens with zero attached hydrogens (tertiary/aromatic N) is 1. The predicted molar refractivity (Wildman–Crippen MR) is 66.3 cm³/mol. The van der Waals surface area contributed by atoms with Crippen LogP contribution in [0.15, 0.2) is 0 Å². The summed E-state index contributed by atoms with van der Waals surface area (Å²) in [4.78, 5) is 2.15. The van der Waals surface area contributed by atoms with Crippen molar-refractivity contribution in [1.82, 2.24) is 4.90 Å². The van der Waals surface area contributed by atoms with Gasteiger partial charge in [0.25, 0.3) is 0 Å². The Hall–Kier alpha value is -0.120. The highest BCUT2D eigenvalue weighted by Gasteiger charge is 2.34. The Bertz CT molecular complexity index is 218. The lowest BCUT2D eigenvalue weighted by atomic mass is 9.70. The largest absolute Gasteiger partial charge is 0.395 e. The van der Waals surface area contributed by atoms with E-state index in [9.17, 15) is 5.11 Å². The van der Waals surface area contributed by atoms with E-state index in [4.69, 9.17) is 5.11 Å². The summed E-state index contributed by atoms with van der Waals surface area (Å²) >= 11 is 0. The SMILES string of the molecule is CC(CO)N(C)CC1CC(C)(C)CCC1O. The lowest BCUT2D eigenvalue weighted by molar-refractivity contribution is -0.000488. The molecule has 3 atom stereocenters. The Morgan fingerprint density at radius 1 is 1.44 bits per heavy atom. The fourth-order valence-electron chi connectivity index (χ4n) is 2.60. The van der Waals surface area contributed by atoms with Crippen molar-refractivity contribution in [3.63, 3.8) is 0 Å². The van der Waals surface area contributed by atoms with Gasteiger partial charge in [0.15, 0.2) is 0 Å². The summed E-state index contributed by atoms with van der Waals surface area (Å²) in [5.74, 6) is 0.350. The van der Waals surface area contributed by atoms with Gasteiger partial charge in [-0.2, -0.15) is 0 Å². The van der Waals surface area contributed by atoms with Gasteiger partial charge in [-0.1, -0.05) is 13.8 Å². The zero-order valence-electron chi connectivity index (χ0n) is 11.1. The third-order valence-electron chi connectivity index (χ3n) is 4.01. The van der Waals surface area contributed by atoms with Gasteiger partial charge in [-0.25, -0.2) is 0 Å². The number of hydrogen-bond donors (Lipinski definition) is 2. The van der Waals surface area contributed by atoms with E-state index in [-0.39, 0.29) is 18.8 Å². The molecular formula is C13H27NO2. The molecule has 1 rings (SSSR count). The Morgan fingerprint density at radius 2 is 2.06 bits per heavy atom. The molecule has 0 spiro atoms. The standard InChI is InChI=1S/C13H27NO2/c1-10(9-15)14(4)8-11-7-13(2,3)6-5-12(11)16/h10-12,15-16H,5-9H2,1-4H3. The highest BCUT2D eigenvalue weighted by Crippen LogP contribution is 2.39. The smallest absolute Gasteiger partial charge is 0.0584 e. The minimum Gasteiger partial charge on any atom is -0.395 e. The van der Waals surface area contributed by atoms with Crippen LogP contribution in [0.2, 0.25) is 0 Å². The van der Waals surface area contributed by atoms with Gasteiger partial charge in [-0.3, -0.25) is 0 Å². The van der Waals surface area contributed by atoms with E-state index >= 15 is 0 Å². The lowest BCUT2D eigenvalue weighted by Gasteiger charge is -2.40. The Balaban J connectivity index is 2.51. The van der Waals surface area contributed by atoms with E-state index in [1.165, 1.54) is 0 Å². The van der Waals surface area contributed by atoms with Crippen molar-refractivity contribution in [2.24, 2.45) is 11.3 Å². The zero-order chi connectivity index (χ0) is 12.3. The summed E-state index contributed by atoms with van der Waals surface area (Å²) < 4.78 is 0. The Labute approximate surface area is 99.5 Å². The molecule has 1 saturated carbocycles. The van der Waals surface area contributed by atoms with Gasteiger partial charge in [-0.05, 0) is 44.6 Å². The monoisotopic (exact) mass is 229 g/mol. The first-order valence-corrected chi connectivity index (χ1v) is 6.35. The molecule has 3 nitrogen and oxygen atoms in total. The van der Waals surface area contributed by atoms with Crippen molar-refractivity contribution in [2.75, 3.05) is 20.2 Å². The molecule has 0 bridgehead atoms. The molecule has 3 unspecified atom stereocenters. The van der Waals surface area contributed by atoms with Crippen molar-refractivity contribution in [3.05, 3.63) is 0 Å². The fraction of sp³-hybridized carbons (Fsp3) is 1.00. The van der Waals surface area contributed by atoms with Crippen molar-refractivity contribution in [1.29, 1.82) is 0 Å². The van der Waals surface area contributed by atoms with E-state index in [1.54, 1.807) is 0 Å². The number of aliphatic hydroxyl groups excluding tert-OH is 2. The maximum Gasteiger partial charge on any atom is 0.0584 e. The summed E-state index contributed by atoms with van der Waals surface area (Å²) in [7, 11) is 2.02. The molecule has 0 radical (unpaired) electrons. The quantitative estimate of drug-likeness (QED) is 0.767. The molecule has 1 aliphatic rings. The van der Waals surface area contributed by atoms with Crippen LogP contribution in [0, 0.1) is 11.3 Å². The molecule has 1 fully saturated rings. The maximum atomic E-state index is 10.0.